The van der Waals surface area contributed by atoms with Gasteiger partial charge in [0.2, 0.25) is 0 Å². The van der Waals surface area contributed by atoms with Gasteiger partial charge in [0.1, 0.15) is 6.26 Å². The summed E-state index contributed by atoms with van der Waals surface area (Å²) in [6, 6.07) is 0. The summed E-state index contributed by atoms with van der Waals surface area (Å²) in [7, 11) is 0. The molecule has 0 bridgehead atoms. The van der Waals surface area contributed by atoms with Gasteiger partial charge in [-0.1, -0.05) is 13.8 Å². The molecule has 2 nitrogen and oxygen atoms in total. The van der Waals surface area contributed by atoms with Crippen LogP contribution in [-0.2, 0) is 0 Å². The Morgan fingerprint density at radius 2 is 2.09 bits per heavy atom. The quantitative estimate of drug-likeness (QED) is 0.667. The van der Waals surface area contributed by atoms with Crippen LogP contribution < -0.4 is 0 Å². The summed E-state index contributed by atoms with van der Waals surface area (Å²) >= 11 is 0. The number of rotatable bonds is 3. The minimum absolute atomic E-state index is 0.503. The summed E-state index contributed by atoms with van der Waals surface area (Å²) < 4.78 is 5.30. The lowest BCUT2D eigenvalue weighted by Crippen LogP contribution is -1.95. The van der Waals surface area contributed by atoms with Gasteiger partial charge in [0.25, 0.3) is 0 Å². The molecule has 11 heavy (non-hydrogen) atoms. The largest absolute Gasteiger partial charge is 0.448 e. The van der Waals surface area contributed by atoms with E-state index >= 15 is 0 Å². The van der Waals surface area contributed by atoms with Crippen LogP contribution in [0.2, 0.25) is 0 Å². The lowest BCUT2D eigenvalue weighted by atomic mass is 10.0. The topological polar surface area (TPSA) is 26.0 Å². The maximum absolute atomic E-state index is 5.30. The highest BCUT2D eigenvalue weighted by molar-refractivity contribution is 4.97. The van der Waals surface area contributed by atoms with E-state index in [1.54, 1.807) is 6.26 Å². The molecule has 1 aromatic heterocycles. The normalized spacial score (nSPS) is 10.9. The number of aromatic nitrogens is 1. The second-order valence-corrected chi connectivity index (χ2v) is 2.84. The molecule has 62 valence electrons. The smallest absolute Gasteiger partial charge is 0.197 e. The molecule has 0 aliphatic rings. The van der Waals surface area contributed by atoms with E-state index in [-0.39, 0.29) is 0 Å². The molecule has 0 spiro atoms. The lowest BCUT2D eigenvalue weighted by Gasteiger charge is -2.05. The van der Waals surface area contributed by atoms with Crippen molar-refractivity contribution in [2.45, 2.75) is 39.5 Å². The van der Waals surface area contributed by atoms with Gasteiger partial charge < -0.3 is 4.42 Å². The van der Waals surface area contributed by atoms with E-state index in [0.717, 1.165) is 24.4 Å². The van der Waals surface area contributed by atoms with Crippen LogP contribution in [0.25, 0.3) is 0 Å². The van der Waals surface area contributed by atoms with Gasteiger partial charge in [0, 0.05) is 5.92 Å². The molecule has 0 aromatic carbocycles. The Balaban J connectivity index is 2.73. The average Bonchev–Trinajstić information content (AvgIpc) is 2.39. The van der Waals surface area contributed by atoms with Crippen LogP contribution in [0, 0.1) is 6.92 Å². The van der Waals surface area contributed by atoms with Crippen molar-refractivity contribution in [2.75, 3.05) is 0 Å². The number of aryl methyl sites for hydroxylation is 1. The zero-order valence-electron chi connectivity index (χ0n) is 7.42. The van der Waals surface area contributed by atoms with Crippen molar-refractivity contribution in [3.05, 3.63) is 17.8 Å². The number of hydrogen-bond acceptors (Lipinski definition) is 2. The summed E-state index contributed by atoms with van der Waals surface area (Å²) in [5.41, 5.74) is 0.979. The van der Waals surface area contributed by atoms with E-state index in [1.807, 2.05) is 6.92 Å². The molecule has 0 fully saturated rings. The first-order chi connectivity index (χ1) is 5.27. The highest BCUT2D eigenvalue weighted by atomic mass is 16.3. The second-order valence-electron chi connectivity index (χ2n) is 2.84. The molecular weight excluding hydrogens is 138 g/mol. The van der Waals surface area contributed by atoms with Crippen LogP contribution in [0.15, 0.2) is 10.7 Å². The molecule has 0 unspecified atom stereocenters. The summed E-state index contributed by atoms with van der Waals surface area (Å²) in [6.45, 7) is 6.27. The van der Waals surface area contributed by atoms with E-state index in [4.69, 9.17) is 4.42 Å². The molecular formula is C9H15NO. The molecule has 1 heterocycles. The minimum Gasteiger partial charge on any atom is -0.448 e. The molecule has 0 amide bonds. The summed E-state index contributed by atoms with van der Waals surface area (Å²) in [5.74, 6) is 1.40. The van der Waals surface area contributed by atoms with Gasteiger partial charge in [-0.3, -0.25) is 0 Å². The first kappa shape index (κ1) is 8.31. The Labute approximate surface area is 67.6 Å². The zero-order chi connectivity index (χ0) is 8.27. The zero-order valence-corrected chi connectivity index (χ0v) is 7.42. The van der Waals surface area contributed by atoms with Gasteiger partial charge in [-0.05, 0) is 19.8 Å². The van der Waals surface area contributed by atoms with Crippen LogP contribution in [0.4, 0.5) is 0 Å². The first-order valence-corrected chi connectivity index (χ1v) is 4.20. The third kappa shape index (κ3) is 1.82. The van der Waals surface area contributed by atoms with Crippen LogP contribution in [0.5, 0.6) is 0 Å². The van der Waals surface area contributed by atoms with E-state index in [1.165, 1.54) is 0 Å². The van der Waals surface area contributed by atoms with Crippen molar-refractivity contribution in [1.29, 1.82) is 0 Å². The van der Waals surface area contributed by atoms with Gasteiger partial charge in [-0.25, -0.2) is 4.98 Å². The monoisotopic (exact) mass is 153 g/mol. The molecule has 0 saturated carbocycles. The average molecular weight is 153 g/mol. The van der Waals surface area contributed by atoms with E-state index in [2.05, 4.69) is 18.8 Å². The minimum atomic E-state index is 0.503. The second kappa shape index (κ2) is 3.56. The summed E-state index contributed by atoms with van der Waals surface area (Å²) in [6.07, 6.45) is 3.93. The molecule has 1 rings (SSSR count). The fourth-order valence-electron chi connectivity index (χ4n) is 1.20. The van der Waals surface area contributed by atoms with Crippen molar-refractivity contribution < 1.29 is 4.42 Å². The van der Waals surface area contributed by atoms with Gasteiger partial charge in [-0.15, -0.1) is 0 Å². The fourth-order valence-corrected chi connectivity index (χ4v) is 1.20. The Morgan fingerprint density at radius 3 is 2.45 bits per heavy atom. The molecule has 0 atom stereocenters. The predicted molar refractivity (Wildman–Crippen MR) is 44.6 cm³/mol. The molecule has 0 saturated heterocycles. The summed E-state index contributed by atoms with van der Waals surface area (Å²) in [4.78, 5) is 4.29. The van der Waals surface area contributed by atoms with E-state index in [0.29, 0.717) is 5.92 Å². The van der Waals surface area contributed by atoms with Gasteiger partial charge >= 0.3 is 0 Å². The Bertz CT molecular complexity index is 213. The van der Waals surface area contributed by atoms with Crippen molar-refractivity contribution >= 4 is 0 Å². The number of nitrogens with zero attached hydrogens (tertiary/aromatic N) is 1. The maximum atomic E-state index is 5.30. The first-order valence-electron chi connectivity index (χ1n) is 4.20. The molecule has 1 aromatic rings. The van der Waals surface area contributed by atoms with Crippen LogP contribution >= 0.6 is 0 Å². The Hall–Kier alpha value is -0.790. The van der Waals surface area contributed by atoms with Crippen molar-refractivity contribution in [1.82, 2.24) is 4.98 Å². The molecule has 2 heteroatoms. The van der Waals surface area contributed by atoms with Crippen LogP contribution in [-0.4, -0.2) is 4.98 Å². The standard InChI is InChI=1S/C9H15NO/c1-4-8(5-2)9-10-7(3)6-11-9/h6,8H,4-5H2,1-3H3. The van der Waals surface area contributed by atoms with Gasteiger partial charge in [0.15, 0.2) is 5.89 Å². The van der Waals surface area contributed by atoms with E-state index in [9.17, 15) is 0 Å². The van der Waals surface area contributed by atoms with Gasteiger partial charge in [-0.2, -0.15) is 0 Å². The van der Waals surface area contributed by atoms with Crippen LogP contribution in [0.1, 0.15) is 44.2 Å². The lowest BCUT2D eigenvalue weighted by molar-refractivity contribution is 0.431. The van der Waals surface area contributed by atoms with Crippen molar-refractivity contribution in [2.24, 2.45) is 0 Å². The molecule has 0 radical (unpaired) electrons. The Kier molecular flexibility index (Phi) is 2.69. The highest BCUT2D eigenvalue weighted by Crippen LogP contribution is 2.21. The molecule has 0 aliphatic carbocycles. The third-order valence-electron chi connectivity index (χ3n) is 1.97. The van der Waals surface area contributed by atoms with Crippen molar-refractivity contribution in [3.8, 4) is 0 Å². The maximum Gasteiger partial charge on any atom is 0.197 e. The van der Waals surface area contributed by atoms with Gasteiger partial charge in [0.05, 0.1) is 5.69 Å². The Morgan fingerprint density at radius 1 is 1.45 bits per heavy atom. The highest BCUT2D eigenvalue weighted by Gasteiger charge is 2.11. The number of hydrogen-bond donors (Lipinski definition) is 0. The predicted octanol–water partition coefficient (Wildman–Crippen LogP) is 2.89. The fraction of sp³-hybridized carbons (Fsp3) is 0.667. The number of oxazole rings is 1. The third-order valence-corrected chi connectivity index (χ3v) is 1.97. The summed E-state index contributed by atoms with van der Waals surface area (Å²) in [5, 5.41) is 0. The van der Waals surface area contributed by atoms with Crippen LogP contribution in [0.3, 0.4) is 0 Å². The van der Waals surface area contributed by atoms with Crippen molar-refractivity contribution in [3.63, 3.8) is 0 Å². The SMILES string of the molecule is CCC(CC)c1nc(C)co1. The van der Waals surface area contributed by atoms with E-state index < -0.39 is 0 Å². The molecule has 0 aliphatic heterocycles. The molecule has 0 N–H and O–H groups in total.